The molecule has 2 saturated heterocycles. The number of amides is 1. The largest absolute Gasteiger partial charge is 0.475 e. The molecule has 8 heteroatoms. The third-order valence-corrected chi connectivity index (χ3v) is 6.85. The summed E-state index contributed by atoms with van der Waals surface area (Å²) in [7, 11) is 0. The molecule has 2 aliphatic heterocycles. The standard InChI is InChI=1S/C24H24ClN5O2/c1-14-4-6-19(23-26-8-3-9-27-23)22(29-14)24(31)30-18-10-16(11-18)15(2)20(30)13-32-21-7-5-17(25)12-28-21/h3-9,12,15-16,18,20H,10-11,13H2,1-2H3. The molecule has 3 aromatic rings. The fraction of sp³-hybridized carbons (Fsp3) is 0.375. The minimum Gasteiger partial charge on any atom is -0.475 e. The van der Waals surface area contributed by atoms with E-state index in [0.717, 1.165) is 18.5 Å². The van der Waals surface area contributed by atoms with E-state index in [1.165, 1.54) is 0 Å². The van der Waals surface area contributed by atoms with E-state index in [0.29, 0.717) is 46.4 Å². The number of halogens is 1. The molecule has 0 spiro atoms. The number of rotatable bonds is 5. The number of fused-ring (bicyclic) bond motifs is 2. The van der Waals surface area contributed by atoms with Crippen molar-refractivity contribution in [1.82, 2.24) is 24.8 Å². The Kier molecular flexibility index (Phi) is 5.51. The molecule has 2 bridgehead atoms. The fourth-order valence-corrected chi connectivity index (χ4v) is 4.86. The smallest absolute Gasteiger partial charge is 0.273 e. The summed E-state index contributed by atoms with van der Waals surface area (Å²) in [5.41, 5.74) is 1.82. The van der Waals surface area contributed by atoms with E-state index in [4.69, 9.17) is 16.3 Å². The maximum Gasteiger partial charge on any atom is 0.273 e. The average molecular weight is 450 g/mol. The molecule has 3 aromatic heterocycles. The van der Waals surface area contributed by atoms with Crippen LogP contribution in [0.4, 0.5) is 0 Å². The van der Waals surface area contributed by atoms with Gasteiger partial charge in [0.2, 0.25) is 5.88 Å². The Hall–Kier alpha value is -3.06. The average Bonchev–Trinajstić information content (AvgIpc) is 2.78. The predicted octanol–water partition coefficient (Wildman–Crippen LogP) is 4.21. The summed E-state index contributed by atoms with van der Waals surface area (Å²) in [6, 6.07) is 9.14. The van der Waals surface area contributed by atoms with Crippen LogP contribution in [0.15, 0.2) is 48.9 Å². The second kappa shape index (κ2) is 8.47. The third-order valence-electron chi connectivity index (χ3n) is 6.63. The number of nitrogens with zero attached hydrogens (tertiary/aromatic N) is 5. The topological polar surface area (TPSA) is 81.1 Å². The summed E-state index contributed by atoms with van der Waals surface area (Å²) < 4.78 is 5.99. The maximum atomic E-state index is 13.9. The van der Waals surface area contributed by atoms with E-state index in [1.54, 1.807) is 36.8 Å². The third kappa shape index (κ3) is 3.81. The van der Waals surface area contributed by atoms with Crippen LogP contribution in [0.25, 0.3) is 11.4 Å². The van der Waals surface area contributed by atoms with E-state index in [9.17, 15) is 4.79 Å². The van der Waals surface area contributed by atoms with Crippen molar-refractivity contribution in [3.05, 3.63) is 65.3 Å². The summed E-state index contributed by atoms with van der Waals surface area (Å²) >= 11 is 5.93. The summed E-state index contributed by atoms with van der Waals surface area (Å²) in [5.74, 6) is 1.83. The molecule has 164 valence electrons. The summed E-state index contributed by atoms with van der Waals surface area (Å²) in [6.07, 6.45) is 6.94. The van der Waals surface area contributed by atoms with Crippen LogP contribution in [0.3, 0.4) is 0 Å². The van der Waals surface area contributed by atoms with Crippen LogP contribution in [-0.4, -0.2) is 49.4 Å². The second-order valence-corrected chi connectivity index (χ2v) is 9.01. The van der Waals surface area contributed by atoms with E-state index >= 15 is 0 Å². The number of piperidine rings is 2. The molecular formula is C24H24ClN5O2. The van der Waals surface area contributed by atoms with Crippen molar-refractivity contribution in [3.63, 3.8) is 0 Å². The number of hydrogen-bond acceptors (Lipinski definition) is 6. The van der Waals surface area contributed by atoms with Crippen molar-refractivity contribution in [1.29, 1.82) is 0 Å². The fourth-order valence-electron chi connectivity index (χ4n) is 4.75. The van der Waals surface area contributed by atoms with Crippen LogP contribution in [0.1, 0.15) is 35.9 Å². The Morgan fingerprint density at radius 1 is 1.16 bits per heavy atom. The molecule has 0 aromatic carbocycles. The molecule has 5 heterocycles. The van der Waals surface area contributed by atoms with Crippen LogP contribution in [0, 0.1) is 18.8 Å². The molecule has 1 aliphatic carbocycles. The van der Waals surface area contributed by atoms with Gasteiger partial charge >= 0.3 is 0 Å². The Bertz CT molecular complexity index is 1120. The van der Waals surface area contributed by atoms with Gasteiger partial charge in [-0.1, -0.05) is 18.5 Å². The lowest BCUT2D eigenvalue weighted by Gasteiger charge is -2.57. The first kappa shape index (κ1) is 20.8. The Morgan fingerprint density at radius 2 is 1.94 bits per heavy atom. The lowest BCUT2D eigenvalue weighted by molar-refractivity contribution is -0.0676. The number of ether oxygens (including phenoxy) is 1. The van der Waals surface area contributed by atoms with Gasteiger partial charge < -0.3 is 9.64 Å². The van der Waals surface area contributed by atoms with Crippen molar-refractivity contribution in [2.45, 2.75) is 38.8 Å². The van der Waals surface area contributed by atoms with Crippen LogP contribution in [0.5, 0.6) is 5.88 Å². The van der Waals surface area contributed by atoms with Crippen LogP contribution < -0.4 is 4.74 Å². The van der Waals surface area contributed by atoms with Gasteiger partial charge in [-0.15, -0.1) is 0 Å². The SMILES string of the molecule is Cc1ccc(-c2ncccn2)c(C(=O)N2C3CC(C3)C(C)C2COc2ccc(Cl)cn2)n1. The van der Waals surface area contributed by atoms with Gasteiger partial charge in [-0.05, 0) is 55.9 Å². The molecule has 0 radical (unpaired) electrons. The molecule has 2 unspecified atom stereocenters. The van der Waals surface area contributed by atoms with Crippen molar-refractivity contribution < 1.29 is 9.53 Å². The van der Waals surface area contributed by atoms with Gasteiger partial charge in [0.25, 0.3) is 5.91 Å². The van der Waals surface area contributed by atoms with Crippen LogP contribution in [0.2, 0.25) is 5.02 Å². The van der Waals surface area contributed by atoms with Crippen molar-refractivity contribution >= 4 is 17.5 Å². The Balaban J connectivity index is 1.46. The number of hydrogen-bond donors (Lipinski definition) is 0. The molecule has 3 aliphatic rings. The summed E-state index contributed by atoms with van der Waals surface area (Å²) in [4.78, 5) is 33.4. The lowest BCUT2D eigenvalue weighted by atomic mass is 9.64. The number of carbonyl (C=O) groups is 1. The summed E-state index contributed by atoms with van der Waals surface area (Å²) in [5, 5.41) is 0.558. The first-order valence-electron chi connectivity index (χ1n) is 10.8. The van der Waals surface area contributed by atoms with Crippen molar-refractivity contribution in [2.24, 2.45) is 11.8 Å². The van der Waals surface area contributed by atoms with E-state index in [2.05, 4.69) is 26.9 Å². The molecule has 0 N–H and O–H groups in total. The van der Waals surface area contributed by atoms with Gasteiger partial charge in [0.1, 0.15) is 12.3 Å². The van der Waals surface area contributed by atoms with Crippen molar-refractivity contribution in [3.8, 4) is 17.3 Å². The van der Waals surface area contributed by atoms with Gasteiger partial charge in [0.15, 0.2) is 5.82 Å². The zero-order valence-corrected chi connectivity index (χ0v) is 18.7. The number of aromatic nitrogens is 4. The quantitative estimate of drug-likeness (QED) is 0.580. The van der Waals surface area contributed by atoms with E-state index < -0.39 is 0 Å². The van der Waals surface area contributed by atoms with E-state index in [-0.39, 0.29) is 18.0 Å². The first-order valence-corrected chi connectivity index (χ1v) is 11.2. The molecular weight excluding hydrogens is 426 g/mol. The van der Waals surface area contributed by atoms with Gasteiger partial charge in [-0.3, -0.25) is 4.79 Å². The Morgan fingerprint density at radius 3 is 2.66 bits per heavy atom. The first-order chi connectivity index (χ1) is 15.5. The molecule has 3 fully saturated rings. The number of aryl methyl sites for hydroxylation is 1. The highest BCUT2D eigenvalue weighted by molar-refractivity contribution is 6.30. The Labute approximate surface area is 191 Å². The van der Waals surface area contributed by atoms with Gasteiger partial charge in [0.05, 0.1) is 16.6 Å². The highest BCUT2D eigenvalue weighted by Gasteiger charge is 2.51. The zero-order chi connectivity index (χ0) is 22.2. The highest BCUT2D eigenvalue weighted by atomic mass is 35.5. The lowest BCUT2D eigenvalue weighted by Crippen LogP contribution is -2.64. The van der Waals surface area contributed by atoms with Crippen LogP contribution >= 0.6 is 11.6 Å². The summed E-state index contributed by atoms with van der Waals surface area (Å²) in [6.45, 7) is 4.46. The maximum absolute atomic E-state index is 13.9. The zero-order valence-electron chi connectivity index (χ0n) is 18.0. The predicted molar refractivity (Wildman–Crippen MR) is 120 cm³/mol. The number of pyridine rings is 2. The van der Waals surface area contributed by atoms with Gasteiger partial charge in [0, 0.05) is 36.4 Å². The molecule has 2 atom stereocenters. The molecule has 7 nitrogen and oxygen atoms in total. The molecule has 6 rings (SSSR count). The second-order valence-electron chi connectivity index (χ2n) is 8.57. The van der Waals surface area contributed by atoms with E-state index in [1.807, 2.05) is 24.0 Å². The molecule has 1 saturated carbocycles. The molecule has 32 heavy (non-hydrogen) atoms. The molecule has 1 amide bonds. The number of carbonyl (C=O) groups excluding carboxylic acids is 1. The normalized spacial score (nSPS) is 24.0. The van der Waals surface area contributed by atoms with Crippen LogP contribution in [-0.2, 0) is 0 Å². The van der Waals surface area contributed by atoms with Gasteiger partial charge in [-0.2, -0.15) is 0 Å². The minimum absolute atomic E-state index is 0.0654. The van der Waals surface area contributed by atoms with Gasteiger partial charge in [-0.25, -0.2) is 19.9 Å². The van der Waals surface area contributed by atoms with Crippen molar-refractivity contribution in [2.75, 3.05) is 6.61 Å². The monoisotopic (exact) mass is 449 g/mol. The minimum atomic E-state index is -0.0937. The highest BCUT2D eigenvalue weighted by Crippen LogP contribution is 2.47.